The fourth-order valence-corrected chi connectivity index (χ4v) is 2.56. The molecule has 0 saturated carbocycles. The number of carbonyl (C=O) groups is 2. The Kier molecular flexibility index (Phi) is 6.26. The van der Waals surface area contributed by atoms with Gasteiger partial charge in [0.05, 0.1) is 13.2 Å². The van der Waals surface area contributed by atoms with Crippen LogP contribution in [0.1, 0.15) is 13.2 Å². The minimum Gasteiger partial charge on any atom is -0.455 e. The van der Waals surface area contributed by atoms with Crippen molar-refractivity contribution in [2.75, 3.05) is 18.9 Å². The first-order chi connectivity index (χ1) is 12.3. The molecule has 144 valence electrons. The van der Waals surface area contributed by atoms with E-state index in [0.717, 1.165) is 4.57 Å². The van der Waals surface area contributed by atoms with Crippen molar-refractivity contribution in [2.45, 2.75) is 37.5 Å². The number of hydrogen-bond acceptors (Lipinski definition) is 10. The number of esters is 1. The van der Waals surface area contributed by atoms with Crippen LogP contribution >= 0.6 is 0 Å². The second kappa shape index (κ2) is 8.23. The highest BCUT2D eigenvalue weighted by Gasteiger charge is 2.49. The highest BCUT2D eigenvalue weighted by Crippen LogP contribution is 2.31. The van der Waals surface area contributed by atoms with Crippen LogP contribution in [0.15, 0.2) is 17.1 Å². The van der Waals surface area contributed by atoms with Crippen molar-refractivity contribution >= 4 is 17.7 Å². The molecule has 1 aliphatic rings. The summed E-state index contributed by atoms with van der Waals surface area (Å²) in [5.41, 5.74) is 4.67. The van der Waals surface area contributed by atoms with Crippen molar-refractivity contribution in [2.24, 2.45) is 0 Å². The summed E-state index contributed by atoms with van der Waals surface area (Å²) in [6.07, 6.45) is -4.00. The number of aromatic nitrogens is 2. The first-order valence-corrected chi connectivity index (χ1v) is 7.66. The molecule has 2 rings (SSSR count). The lowest BCUT2D eigenvalue weighted by molar-refractivity contribution is -0.165. The number of carbonyl (C=O) groups excluding carboxylic acids is 2. The molecule has 0 aromatic carbocycles. The number of nitrogen functional groups attached to an aromatic ring is 1. The van der Waals surface area contributed by atoms with Crippen LogP contribution in [0, 0.1) is 0 Å². The third kappa shape index (κ3) is 4.16. The summed E-state index contributed by atoms with van der Waals surface area (Å²) in [4.78, 5) is 39.0. The van der Waals surface area contributed by atoms with Gasteiger partial charge in [0, 0.05) is 13.1 Å². The number of hydrogen-bond donors (Lipinski definition) is 5. The predicted octanol–water partition coefficient (Wildman–Crippen LogP) is -3.52. The zero-order chi connectivity index (χ0) is 19.4. The monoisotopic (exact) mass is 372 g/mol. The molecule has 0 aliphatic carbocycles. The van der Waals surface area contributed by atoms with E-state index in [0.29, 0.717) is 0 Å². The van der Waals surface area contributed by atoms with Crippen molar-refractivity contribution in [3.05, 3.63) is 22.7 Å². The molecule has 1 aromatic rings. The molecular formula is C14H20N4O8. The molecular weight excluding hydrogens is 352 g/mol. The van der Waals surface area contributed by atoms with Crippen LogP contribution in [-0.4, -0.2) is 74.3 Å². The Balaban J connectivity index is 2.37. The lowest BCUT2D eigenvalue weighted by Gasteiger charge is -2.25. The fourth-order valence-electron chi connectivity index (χ4n) is 2.56. The third-order valence-electron chi connectivity index (χ3n) is 3.71. The average Bonchev–Trinajstić information content (AvgIpc) is 2.91. The number of nitrogens with two attached hydrogens (primary N) is 1. The number of nitrogens with zero attached hydrogens (tertiary/aromatic N) is 2. The lowest BCUT2D eigenvalue weighted by atomic mass is 10.1. The Labute approximate surface area is 147 Å². The van der Waals surface area contributed by atoms with E-state index in [1.807, 2.05) is 0 Å². The van der Waals surface area contributed by atoms with Crippen molar-refractivity contribution in [3.63, 3.8) is 0 Å². The standard InChI is InChI=1S/C14H20N4O8/c1-6(21)16-10-11(26-13(23)7(22)4-19)8(5-20)25-12(10)18-3-2-9(15)17-14(18)24/h2-3,7-8,10-12,19-20,22H,4-5H2,1H3,(H,16,21)(H2,15,17,24)/t7?,8-,10-,11-,12-/m1/s1. The molecule has 2 heterocycles. The van der Waals surface area contributed by atoms with E-state index in [1.54, 1.807) is 0 Å². The van der Waals surface area contributed by atoms with E-state index in [2.05, 4.69) is 10.3 Å². The highest BCUT2D eigenvalue weighted by atomic mass is 16.6. The second-order valence-electron chi connectivity index (χ2n) is 5.62. The molecule has 1 unspecified atom stereocenters. The van der Waals surface area contributed by atoms with E-state index in [-0.39, 0.29) is 5.82 Å². The van der Waals surface area contributed by atoms with E-state index in [9.17, 15) is 24.6 Å². The van der Waals surface area contributed by atoms with Crippen LogP contribution in [0.2, 0.25) is 0 Å². The lowest BCUT2D eigenvalue weighted by Crippen LogP contribution is -2.50. The molecule has 1 amide bonds. The maximum atomic E-state index is 12.1. The summed E-state index contributed by atoms with van der Waals surface area (Å²) in [5, 5.41) is 30.2. The van der Waals surface area contributed by atoms with Crippen molar-refractivity contribution < 1.29 is 34.4 Å². The smallest absolute Gasteiger partial charge is 0.351 e. The molecule has 5 atom stereocenters. The maximum absolute atomic E-state index is 12.1. The normalized spacial score (nSPS) is 26.3. The van der Waals surface area contributed by atoms with Gasteiger partial charge in [-0.2, -0.15) is 4.98 Å². The van der Waals surface area contributed by atoms with Crippen LogP contribution in [0.4, 0.5) is 5.82 Å². The Morgan fingerprint density at radius 2 is 2.19 bits per heavy atom. The summed E-state index contributed by atoms with van der Waals surface area (Å²) in [6.45, 7) is -0.266. The molecule has 1 aliphatic heterocycles. The van der Waals surface area contributed by atoms with Gasteiger partial charge in [0.25, 0.3) is 0 Å². The minimum atomic E-state index is -1.80. The number of nitrogens with one attached hydrogen (secondary N) is 1. The summed E-state index contributed by atoms with van der Waals surface area (Å²) in [5.74, 6) is -1.70. The molecule has 6 N–H and O–H groups in total. The Bertz CT molecular complexity index is 723. The summed E-state index contributed by atoms with van der Waals surface area (Å²) in [6, 6.07) is 0.265. The minimum absolute atomic E-state index is 0.0203. The quantitative estimate of drug-likeness (QED) is 0.313. The summed E-state index contributed by atoms with van der Waals surface area (Å²) < 4.78 is 11.7. The predicted molar refractivity (Wildman–Crippen MR) is 84.5 cm³/mol. The van der Waals surface area contributed by atoms with Gasteiger partial charge in [-0.15, -0.1) is 0 Å². The molecule has 12 nitrogen and oxygen atoms in total. The van der Waals surface area contributed by atoms with Crippen LogP contribution < -0.4 is 16.7 Å². The topological polar surface area (TPSA) is 186 Å². The Morgan fingerprint density at radius 3 is 2.73 bits per heavy atom. The fraction of sp³-hybridized carbons (Fsp3) is 0.571. The van der Waals surface area contributed by atoms with Gasteiger partial charge in [-0.25, -0.2) is 9.59 Å². The molecule has 0 radical (unpaired) electrons. The summed E-state index contributed by atoms with van der Waals surface area (Å²) >= 11 is 0. The molecule has 1 fully saturated rings. The SMILES string of the molecule is CC(=O)N[C@@H]1[C@H](OC(=O)C(O)CO)[C@@H](CO)O[C@H]1n1ccc(N)nc1=O. The highest BCUT2D eigenvalue weighted by molar-refractivity contribution is 5.75. The van der Waals surface area contributed by atoms with Gasteiger partial charge in [0.1, 0.15) is 18.0 Å². The number of aliphatic hydroxyl groups excluding tert-OH is 3. The third-order valence-corrected chi connectivity index (χ3v) is 3.71. The van der Waals surface area contributed by atoms with E-state index in [4.69, 9.17) is 20.3 Å². The van der Waals surface area contributed by atoms with E-state index < -0.39 is 61.4 Å². The number of amides is 1. The number of anilines is 1. The van der Waals surface area contributed by atoms with Gasteiger partial charge < -0.3 is 35.8 Å². The largest absolute Gasteiger partial charge is 0.455 e. The van der Waals surface area contributed by atoms with Crippen molar-refractivity contribution in [1.82, 2.24) is 14.9 Å². The van der Waals surface area contributed by atoms with Gasteiger partial charge in [0.15, 0.2) is 18.4 Å². The van der Waals surface area contributed by atoms with Gasteiger partial charge >= 0.3 is 11.7 Å². The molecule has 0 spiro atoms. The van der Waals surface area contributed by atoms with Crippen molar-refractivity contribution in [1.29, 1.82) is 0 Å². The average molecular weight is 372 g/mol. The molecule has 1 saturated heterocycles. The second-order valence-corrected chi connectivity index (χ2v) is 5.62. The zero-order valence-electron chi connectivity index (χ0n) is 13.8. The first-order valence-electron chi connectivity index (χ1n) is 7.66. The van der Waals surface area contributed by atoms with Gasteiger partial charge in [-0.1, -0.05) is 0 Å². The maximum Gasteiger partial charge on any atom is 0.351 e. The van der Waals surface area contributed by atoms with Crippen LogP contribution in [0.5, 0.6) is 0 Å². The Morgan fingerprint density at radius 1 is 1.50 bits per heavy atom. The molecule has 26 heavy (non-hydrogen) atoms. The van der Waals surface area contributed by atoms with E-state index >= 15 is 0 Å². The van der Waals surface area contributed by atoms with Gasteiger partial charge in [-0.3, -0.25) is 9.36 Å². The van der Waals surface area contributed by atoms with E-state index in [1.165, 1.54) is 19.2 Å². The van der Waals surface area contributed by atoms with Crippen LogP contribution in [-0.2, 0) is 19.1 Å². The zero-order valence-corrected chi connectivity index (χ0v) is 13.8. The number of ether oxygens (including phenoxy) is 2. The molecule has 0 bridgehead atoms. The summed E-state index contributed by atoms with van der Waals surface area (Å²) in [7, 11) is 0. The van der Waals surface area contributed by atoms with Gasteiger partial charge in [-0.05, 0) is 6.07 Å². The van der Waals surface area contributed by atoms with Crippen molar-refractivity contribution in [3.8, 4) is 0 Å². The molecule has 12 heteroatoms. The molecule has 1 aromatic heterocycles. The number of rotatable bonds is 6. The number of aliphatic hydroxyl groups is 3. The van der Waals surface area contributed by atoms with Crippen LogP contribution in [0.3, 0.4) is 0 Å². The van der Waals surface area contributed by atoms with Gasteiger partial charge in [0.2, 0.25) is 5.91 Å². The van der Waals surface area contributed by atoms with Crippen LogP contribution in [0.25, 0.3) is 0 Å². The first kappa shape index (κ1) is 19.8. The Hall–Kier alpha value is -2.54.